The summed E-state index contributed by atoms with van der Waals surface area (Å²) in [6.45, 7) is 16.7. The molecule has 2 rings (SSSR count). The monoisotopic (exact) mass is 250 g/mol. The average molecular weight is 250 g/mol. The van der Waals surface area contributed by atoms with Gasteiger partial charge in [-0.1, -0.05) is 18.2 Å². The molecule has 0 saturated carbocycles. The van der Waals surface area contributed by atoms with Gasteiger partial charge in [-0.2, -0.15) is 0 Å². The van der Waals surface area contributed by atoms with E-state index in [0.29, 0.717) is 0 Å². The predicted octanol–water partition coefficient (Wildman–Crippen LogP) is 0.0923. The molecule has 0 amide bonds. The fraction of sp³-hybridized carbons (Fsp3) is 0.750. The van der Waals surface area contributed by atoms with Crippen LogP contribution in [-0.4, -0.2) is 39.3 Å². The molecule has 2 nitrogen and oxygen atoms in total. The molecule has 1 heterocycles. The van der Waals surface area contributed by atoms with Crippen LogP contribution in [0.4, 0.5) is 0 Å². The van der Waals surface area contributed by atoms with E-state index in [4.69, 9.17) is 0 Å². The van der Waals surface area contributed by atoms with E-state index in [1.54, 1.807) is 10.5 Å². The second kappa shape index (κ2) is 6.53. The largest absolute Gasteiger partial charge is 0.326 e. The Balaban J connectivity index is 1.76. The van der Waals surface area contributed by atoms with Crippen molar-refractivity contribution in [3.63, 3.8) is 0 Å². The molecule has 0 aromatic rings. The van der Waals surface area contributed by atoms with Crippen LogP contribution < -0.4 is 9.80 Å². The van der Waals surface area contributed by atoms with Crippen molar-refractivity contribution in [2.45, 2.75) is 33.1 Å². The maximum atomic E-state index is 4.10. The van der Waals surface area contributed by atoms with E-state index in [0.717, 1.165) is 5.92 Å². The predicted molar refractivity (Wildman–Crippen MR) is 77.0 cm³/mol. The van der Waals surface area contributed by atoms with Gasteiger partial charge in [0.05, 0.1) is 13.1 Å². The lowest BCUT2D eigenvalue weighted by molar-refractivity contribution is -1.01. The van der Waals surface area contributed by atoms with Crippen LogP contribution in [0, 0.1) is 5.92 Å². The highest BCUT2D eigenvalue weighted by Crippen LogP contribution is 2.27. The molecule has 1 aliphatic heterocycles. The molecular formula is C16H30N2+2. The number of piperazine rings is 1. The first-order chi connectivity index (χ1) is 8.69. The van der Waals surface area contributed by atoms with Crippen LogP contribution in [-0.2, 0) is 0 Å². The Morgan fingerprint density at radius 3 is 2.44 bits per heavy atom. The summed E-state index contributed by atoms with van der Waals surface area (Å²) in [5.74, 6) is 0.755. The van der Waals surface area contributed by atoms with E-state index in [-0.39, 0.29) is 0 Å². The quantitative estimate of drug-likeness (QED) is 0.655. The Hall–Kier alpha value is -0.600. The van der Waals surface area contributed by atoms with Crippen molar-refractivity contribution in [2.24, 2.45) is 5.92 Å². The molecule has 2 heteroatoms. The van der Waals surface area contributed by atoms with Gasteiger partial charge in [-0.05, 0) is 44.6 Å². The van der Waals surface area contributed by atoms with Crippen LogP contribution in [0.15, 0.2) is 23.8 Å². The van der Waals surface area contributed by atoms with Gasteiger partial charge in [0.15, 0.2) is 0 Å². The highest BCUT2D eigenvalue weighted by Gasteiger charge is 2.23. The lowest BCUT2D eigenvalue weighted by Gasteiger charge is -2.31. The zero-order chi connectivity index (χ0) is 13.0. The molecule has 18 heavy (non-hydrogen) atoms. The van der Waals surface area contributed by atoms with Crippen molar-refractivity contribution >= 4 is 0 Å². The second-order valence-electron chi connectivity index (χ2n) is 6.21. The van der Waals surface area contributed by atoms with E-state index in [1.807, 2.05) is 4.90 Å². The van der Waals surface area contributed by atoms with Gasteiger partial charge in [-0.15, -0.1) is 0 Å². The van der Waals surface area contributed by atoms with Crippen molar-refractivity contribution in [1.29, 1.82) is 0 Å². The van der Waals surface area contributed by atoms with Gasteiger partial charge in [0.1, 0.15) is 26.2 Å². The summed E-state index contributed by atoms with van der Waals surface area (Å²) in [6.07, 6.45) is 6.39. The third-order valence-electron chi connectivity index (χ3n) is 4.84. The molecule has 0 unspecified atom stereocenters. The number of likely N-dealkylation sites (N-methyl/N-ethyl adjacent to an activating group) is 1. The Kier molecular flexibility index (Phi) is 5.02. The standard InChI is InChI=1S/C16H28N2/c1-4-17-9-11-18(12-10-17)13-15-5-7-16(8-6-15)14(2)3/h5,16H,2,4,6-13H2,1,3H3/p+2/t16-/m0/s1. The van der Waals surface area contributed by atoms with Gasteiger partial charge in [-0.3, -0.25) is 0 Å². The lowest BCUT2D eigenvalue weighted by Crippen LogP contribution is -3.28. The fourth-order valence-corrected chi connectivity index (χ4v) is 3.31. The molecule has 1 aliphatic carbocycles. The minimum absolute atomic E-state index is 0.755. The van der Waals surface area contributed by atoms with E-state index < -0.39 is 0 Å². The fourth-order valence-electron chi connectivity index (χ4n) is 3.31. The van der Waals surface area contributed by atoms with E-state index in [9.17, 15) is 0 Å². The first-order valence-corrected chi connectivity index (χ1v) is 7.69. The molecular weight excluding hydrogens is 220 g/mol. The van der Waals surface area contributed by atoms with Gasteiger partial charge in [-0.25, -0.2) is 0 Å². The van der Waals surface area contributed by atoms with Gasteiger partial charge in [0.2, 0.25) is 0 Å². The normalized spacial score (nSPS) is 33.0. The van der Waals surface area contributed by atoms with Crippen LogP contribution >= 0.6 is 0 Å². The highest BCUT2D eigenvalue weighted by atomic mass is 15.3. The van der Waals surface area contributed by atoms with Gasteiger partial charge >= 0.3 is 0 Å². The lowest BCUT2D eigenvalue weighted by atomic mass is 9.85. The number of quaternary nitrogens is 2. The van der Waals surface area contributed by atoms with Crippen LogP contribution in [0.3, 0.4) is 0 Å². The number of hydrogen-bond acceptors (Lipinski definition) is 0. The molecule has 0 spiro atoms. The number of nitrogens with one attached hydrogen (secondary N) is 2. The first kappa shape index (κ1) is 13.8. The van der Waals surface area contributed by atoms with Crippen LogP contribution in [0.25, 0.3) is 0 Å². The molecule has 0 aromatic carbocycles. The second-order valence-corrected chi connectivity index (χ2v) is 6.21. The molecule has 0 bridgehead atoms. The van der Waals surface area contributed by atoms with Crippen molar-refractivity contribution in [1.82, 2.24) is 0 Å². The SMILES string of the molecule is C=C(C)[C@H]1CC=C(C[NH+]2CC[NH+](CC)CC2)CC1. The summed E-state index contributed by atoms with van der Waals surface area (Å²) in [4.78, 5) is 3.60. The summed E-state index contributed by atoms with van der Waals surface area (Å²) in [5.41, 5.74) is 3.08. The van der Waals surface area contributed by atoms with E-state index in [2.05, 4.69) is 26.5 Å². The summed E-state index contributed by atoms with van der Waals surface area (Å²) >= 11 is 0. The molecule has 0 radical (unpaired) electrons. The molecule has 1 fully saturated rings. The number of hydrogen-bond donors (Lipinski definition) is 2. The van der Waals surface area contributed by atoms with Gasteiger partial charge < -0.3 is 9.80 Å². The Morgan fingerprint density at radius 1 is 1.28 bits per heavy atom. The molecule has 1 atom stereocenters. The molecule has 1 saturated heterocycles. The minimum Gasteiger partial charge on any atom is -0.326 e. The topological polar surface area (TPSA) is 8.88 Å². The maximum absolute atomic E-state index is 4.10. The first-order valence-electron chi connectivity index (χ1n) is 7.69. The third-order valence-corrected chi connectivity index (χ3v) is 4.84. The Morgan fingerprint density at radius 2 is 1.94 bits per heavy atom. The summed E-state index contributed by atoms with van der Waals surface area (Å²) in [5, 5.41) is 0. The number of allylic oxidation sites excluding steroid dienone is 2. The molecule has 102 valence electrons. The molecule has 2 aliphatic rings. The Labute approximate surface area is 112 Å². The van der Waals surface area contributed by atoms with Crippen LogP contribution in [0.5, 0.6) is 0 Å². The van der Waals surface area contributed by atoms with Crippen LogP contribution in [0.1, 0.15) is 33.1 Å². The molecule has 0 aromatic heterocycles. The Bertz CT molecular complexity index is 311. The third kappa shape index (κ3) is 3.69. The maximum Gasteiger partial charge on any atom is 0.127 e. The van der Waals surface area contributed by atoms with E-state index in [1.165, 1.54) is 64.1 Å². The summed E-state index contributed by atoms with van der Waals surface area (Å²) in [7, 11) is 0. The number of rotatable bonds is 4. The van der Waals surface area contributed by atoms with E-state index >= 15 is 0 Å². The van der Waals surface area contributed by atoms with Crippen molar-refractivity contribution < 1.29 is 9.80 Å². The zero-order valence-corrected chi connectivity index (χ0v) is 12.2. The summed E-state index contributed by atoms with van der Waals surface area (Å²) < 4.78 is 0. The average Bonchev–Trinajstić information content (AvgIpc) is 2.40. The van der Waals surface area contributed by atoms with Crippen molar-refractivity contribution in [3.05, 3.63) is 23.8 Å². The molecule has 2 N–H and O–H groups in total. The van der Waals surface area contributed by atoms with Crippen molar-refractivity contribution in [3.8, 4) is 0 Å². The van der Waals surface area contributed by atoms with Crippen LogP contribution in [0.2, 0.25) is 0 Å². The highest BCUT2D eigenvalue weighted by molar-refractivity contribution is 5.12. The smallest absolute Gasteiger partial charge is 0.127 e. The van der Waals surface area contributed by atoms with Crippen molar-refractivity contribution in [2.75, 3.05) is 39.3 Å². The zero-order valence-electron chi connectivity index (χ0n) is 12.2. The minimum atomic E-state index is 0.755. The van der Waals surface area contributed by atoms with Gasteiger partial charge in [0, 0.05) is 0 Å². The summed E-state index contributed by atoms with van der Waals surface area (Å²) in [6, 6.07) is 0. The van der Waals surface area contributed by atoms with Gasteiger partial charge in [0.25, 0.3) is 0 Å².